The van der Waals surface area contributed by atoms with Crippen molar-refractivity contribution in [1.82, 2.24) is 0 Å². The van der Waals surface area contributed by atoms with Gasteiger partial charge in [-0.05, 0) is 62.4 Å². The third kappa shape index (κ3) is 3.41. The summed E-state index contributed by atoms with van der Waals surface area (Å²) in [4.78, 5) is 2.30. The molecule has 20 heavy (non-hydrogen) atoms. The van der Waals surface area contributed by atoms with Crippen LogP contribution in [0, 0.1) is 0 Å². The fourth-order valence-corrected chi connectivity index (χ4v) is 2.13. The van der Waals surface area contributed by atoms with Crippen LogP contribution >= 0.6 is 0 Å². The third-order valence-corrected chi connectivity index (χ3v) is 3.28. The Morgan fingerprint density at radius 2 is 1.25 bits per heavy atom. The van der Waals surface area contributed by atoms with Crippen LogP contribution in [-0.2, 0) is 0 Å². The number of hydrogen-bond acceptors (Lipinski definition) is 3. The standard InChI is InChI=1S/C16H20FN3/c1-3-20(4-2)16-11-9-14(10-12-16)18-13-5-7-15(19-17)8-6-13/h5-12,18-19H,3-4H2,1-2H3. The maximum absolute atomic E-state index is 12.2. The van der Waals surface area contributed by atoms with E-state index in [-0.39, 0.29) is 0 Å². The number of rotatable bonds is 6. The lowest BCUT2D eigenvalue weighted by atomic mass is 10.2. The van der Waals surface area contributed by atoms with Gasteiger partial charge in [0.2, 0.25) is 0 Å². The molecule has 0 fully saturated rings. The molecule has 0 unspecified atom stereocenters. The van der Waals surface area contributed by atoms with E-state index in [1.165, 1.54) is 5.69 Å². The molecule has 0 radical (unpaired) electrons. The lowest BCUT2D eigenvalue weighted by molar-refractivity contribution is 0.618. The van der Waals surface area contributed by atoms with Crippen LogP contribution < -0.4 is 15.8 Å². The SMILES string of the molecule is CCN(CC)c1ccc(Nc2ccc(NF)cc2)cc1. The molecule has 0 bridgehead atoms. The van der Waals surface area contributed by atoms with E-state index >= 15 is 0 Å². The van der Waals surface area contributed by atoms with Crippen LogP contribution in [0.4, 0.5) is 27.2 Å². The van der Waals surface area contributed by atoms with Crippen molar-refractivity contribution in [3.8, 4) is 0 Å². The minimum atomic E-state index is 0.451. The molecule has 2 aromatic carbocycles. The lowest BCUT2D eigenvalue weighted by Crippen LogP contribution is -2.21. The van der Waals surface area contributed by atoms with Crippen LogP contribution in [0.25, 0.3) is 0 Å². The summed E-state index contributed by atoms with van der Waals surface area (Å²) >= 11 is 0. The molecule has 0 heterocycles. The van der Waals surface area contributed by atoms with Crippen LogP contribution in [0.2, 0.25) is 0 Å². The number of benzene rings is 2. The van der Waals surface area contributed by atoms with E-state index in [1.54, 1.807) is 17.7 Å². The highest BCUT2D eigenvalue weighted by Crippen LogP contribution is 2.22. The summed E-state index contributed by atoms with van der Waals surface area (Å²) in [6, 6.07) is 15.4. The van der Waals surface area contributed by atoms with Crippen molar-refractivity contribution in [1.29, 1.82) is 0 Å². The first-order valence-corrected chi connectivity index (χ1v) is 6.85. The highest BCUT2D eigenvalue weighted by molar-refractivity contribution is 5.64. The fraction of sp³-hybridized carbons (Fsp3) is 0.250. The van der Waals surface area contributed by atoms with Crippen molar-refractivity contribution >= 4 is 22.7 Å². The van der Waals surface area contributed by atoms with E-state index in [2.05, 4.69) is 48.3 Å². The number of nitrogens with one attached hydrogen (secondary N) is 2. The molecule has 2 rings (SSSR count). The van der Waals surface area contributed by atoms with Crippen molar-refractivity contribution in [3.05, 3.63) is 48.5 Å². The second kappa shape index (κ2) is 6.80. The predicted molar refractivity (Wildman–Crippen MR) is 84.5 cm³/mol. The van der Waals surface area contributed by atoms with Crippen molar-refractivity contribution in [2.24, 2.45) is 0 Å². The Morgan fingerprint density at radius 1 is 0.800 bits per heavy atom. The van der Waals surface area contributed by atoms with Gasteiger partial charge in [0.25, 0.3) is 0 Å². The van der Waals surface area contributed by atoms with E-state index in [1.807, 2.05) is 12.1 Å². The van der Waals surface area contributed by atoms with Gasteiger partial charge in [-0.25, -0.2) is 5.54 Å². The molecule has 3 nitrogen and oxygen atoms in total. The molecule has 4 heteroatoms. The maximum atomic E-state index is 12.2. The Hall–Kier alpha value is -2.23. The second-order valence-electron chi connectivity index (χ2n) is 4.52. The van der Waals surface area contributed by atoms with Gasteiger partial charge < -0.3 is 10.2 Å². The Kier molecular flexibility index (Phi) is 4.82. The highest BCUT2D eigenvalue weighted by Gasteiger charge is 2.01. The zero-order chi connectivity index (χ0) is 14.4. The molecule has 2 aromatic rings. The average Bonchev–Trinajstić information content (AvgIpc) is 2.51. The van der Waals surface area contributed by atoms with Crippen LogP contribution in [-0.4, -0.2) is 13.1 Å². The monoisotopic (exact) mass is 273 g/mol. The Labute approximate surface area is 119 Å². The van der Waals surface area contributed by atoms with Gasteiger partial charge in [-0.3, -0.25) is 0 Å². The second-order valence-corrected chi connectivity index (χ2v) is 4.52. The molecule has 0 aliphatic heterocycles. The van der Waals surface area contributed by atoms with Crippen molar-refractivity contribution in [2.45, 2.75) is 13.8 Å². The fourth-order valence-electron chi connectivity index (χ4n) is 2.13. The largest absolute Gasteiger partial charge is 0.372 e. The quantitative estimate of drug-likeness (QED) is 0.755. The maximum Gasteiger partial charge on any atom is 0.0657 e. The van der Waals surface area contributed by atoms with Crippen LogP contribution in [0.1, 0.15) is 13.8 Å². The molecule has 0 aliphatic rings. The number of anilines is 4. The molecule has 0 saturated carbocycles. The lowest BCUT2D eigenvalue weighted by Gasteiger charge is -2.21. The molecule has 0 amide bonds. The number of halogens is 1. The number of nitrogens with zero attached hydrogens (tertiary/aromatic N) is 1. The normalized spacial score (nSPS) is 10.2. The van der Waals surface area contributed by atoms with Gasteiger partial charge in [0.15, 0.2) is 0 Å². The summed E-state index contributed by atoms with van der Waals surface area (Å²) < 4.78 is 12.2. The predicted octanol–water partition coefficient (Wildman–Crippen LogP) is 4.57. The molecular formula is C16H20FN3. The van der Waals surface area contributed by atoms with Crippen LogP contribution in [0.3, 0.4) is 0 Å². The van der Waals surface area contributed by atoms with Gasteiger partial charge in [-0.1, -0.05) is 0 Å². The molecule has 0 spiro atoms. The molecule has 2 N–H and O–H groups in total. The third-order valence-electron chi connectivity index (χ3n) is 3.28. The van der Waals surface area contributed by atoms with Gasteiger partial charge >= 0.3 is 0 Å². The Balaban J connectivity index is 2.06. The van der Waals surface area contributed by atoms with E-state index in [4.69, 9.17) is 0 Å². The van der Waals surface area contributed by atoms with Crippen LogP contribution in [0.15, 0.2) is 48.5 Å². The van der Waals surface area contributed by atoms with Crippen molar-refractivity contribution in [3.63, 3.8) is 0 Å². The summed E-state index contributed by atoms with van der Waals surface area (Å²) in [5, 5.41) is 3.29. The van der Waals surface area contributed by atoms with E-state index < -0.39 is 0 Å². The summed E-state index contributed by atoms with van der Waals surface area (Å²) in [6.45, 7) is 6.30. The highest BCUT2D eigenvalue weighted by atomic mass is 19.2. The Bertz CT molecular complexity index is 518. The molecule has 0 aromatic heterocycles. The van der Waals surface area contributed by atoms with Gasteiger partial charge in [0.1, 0.15) is 0 Å². The van der Waals surface area contributed by atoms with Gasteiger partial charge in [0.05, 0.1) is 5.69 Å². The first-order valence-electron chi connectivity index (χ1n) is 6.85. The molecule has 0 atom stereocenters. The minimum absolute atomic E-state index is 0.451. The van der Waals surface area contributed by atoms with E-state index in [0.29, 0.717) is 5.69 Å². The average molecular weight is 273 g/mol. The zero-order valence-corrected chi connectivity index (χ0v) is 11.9. The molecule has 0 saturated heterocycles. The van der Waals surface area contributed by atoms with Gasteiger partial charge in [-0.15, -0.1) is 4.48 Å². The summed E-state index contributed by atoms with van der Waals surface area (Å²) in [7, 11) is 0. The Morgan fingerprint density at radius 3 is 1.70 bits per heavy atom. The molecular weight excluding hydrogens is 253 g/mol. The van der Waals surface area contributed by atoms with E-state index in [9.17, 15) is 4.48 Å². The van der Waals surface area contributed by atoms with E-state index in [0.717, 1.165) is 24.5 Å². The summed E-state index contributed by atoms with van der Waals surface area (Å²) in [5.74, 6) is 0. The van der Waals surface area contributed by atoms with Gasteiger partial charge in [0, 0.05) is 30.2 Å². The van der Waals surface area contributed by atoms with Crippen molar-refractivity contribution in [2.75, 3.05) is 28.8 Å². The topological polar surface area (TPSA) is 27.3 Å². The van der Waals surface area contributed by atoms with Gasteiger partial charge in [-0.2, -0.15) is 0 Å². The van der Waals surface area contributed by atoms with Crippen LogP contribution in [0.5, 0.6) is 0 Å². The van der Waals surface area contributed by atoms with Crippen molar-refractivity contribution < 1.29 is 4.48 Å². The molecule has 0 aliphatic carbocycles. The molecule has 106 valence electrons. The zero-order valence-electron chi connectivity index (χ0n) is 11.9. The smallest absolute Gasteiger partial charge is 0.0657 e. The first kappa shape index (κ1) is 14.2. The summed E-state index contributed by atoms with van der Waals surface area (Å²) in [6.07, 6.45) is 0. The summed E-state index contributed by atoms with van der Waals surface area (Å²) in [5.41, 5.74) is 5.23. The first-order chi connectivity index (χ1) is 9.76. The number of hydrogen-bond donors (Lipinski definition) is 2. The minimum Gasteiger partial charge on any atom is -0.372 e.